The van der Waals surface area contributed by atoms with Crippen LogP contribution < -0.4 is 5.32 Å². The molecule has 0 aromatic carbocycles. The van der Waals surface area contributed by atoms with Crippen molar-refractivity contribution in [3.63, 3.8) is 0 Å². The molecule has 0 heterocycles. The van der Waals surface area contributed by atoms with Crippen molar-refractivity contribution in [1.82, 2.24) is 5.32 Å². The van der Waals surface area contributed by atoms with Crippen LogP contribution in [0, 0.1) is 17.3 Å². The molecule has 0 radical (unpaired) electrons. The van der Waals surface area contributed by atoms with Crippen molar-refractivity contribution in [3.8, 4) is 0 Å². The quantitative estimate of drug-likeness (QED) is 0.828. The molecule has 0 aliphatic heterocycles. The maximum absolute atomic E-state index is 12.1. The maximum Gasteiger partial charge on any atom is 0.407 e. The summed E-state index contributed by atoms with van der Waals surface area (Å²) in [5.41, 5.74) is 0.570. The van der Waals surface area contributed by atoms with E-state index >= 15 is 0 Å². The lowest BCUT2D eigenvalue weighted by atomic mass is 9.80. The first-order valence-electron chi connectivity index (χ1n) is 8.74. The highest BCUT2D eigenvalue weighted by Crippen LogP contribution is 2.66. The van der Waals surface area contributed by atoms with Crippen molar-refractivity contribution >= 4 is 6.09 Å². The topological polar surface area (TPSA) is 38.3 Å². The SMILES string of the molecule is O=C(NC1CCCCC1)O[C@H]1C[C@@]23CCC[C@H]2[C@H]1CC3. The van der Waals surface area contributed by atoms with Crippen molar-refractivity contribution in [2.45, 2.75) is 82.8 Å². The van der Waals surface area contributed by atoms with Gasteiger partial charge in [-0.25, -0.2) is 4.79 Å². The number of hydrogen-bond acceptors (Lipinski definition) is 2. The number of hydrogen-bond donors (Lipinski definition) is 1. The molecule has 0 aromatic rings. The number of nitrogens with one attached hydrogen (secondary N) is 1. The Hall–Kier alpha value is -0.730. The molecule has 4 aliphatic carbocycles. The van der Waals surface area contributed by atoms with Gasteiger partial charge in [-0.2, -0.15) is 0 Å². The zero-order chi connectivity index (χ0) is 13.6. The maximum atomic E-state index is 12.1. The fourth-order valence-corrected chi connectivity index (χ4v) is 5.87. The first kappa shape index (κ1) is 13.0. The summed E-state index contributed by atoms with van der Waals surface area (Å²) >= 11 is 0. The summed E-state index contributed by atoms with van der Waals surface area (Å²) in [5, 5.41) is 3.11. The second-order valence-corrected chi connectivity index (χ2v) is 7.69. The molecule has 1 amide bonds. The van der Waals surface area contributed by atoms with Crippen LogP contribution in [-0.4, -0.2) is 18.2 Å². The predicted molar refractivity (Wildman–Crippen MR) is 77.4 cm³/mol. The predicted octanol–water partition coefficient (Wildman–Crippen LogP) is 4.01. The van der Waals surface area contributed by atoms with Crippen LogP contribution in [0.15, 0.2) is 0 Å². The Bertz CT molecular complexity index is 386. The third-order valence-electron chi connectivity index (χ3n) is 6.74. The Morgan fingerprint density at radius 2 is 1.85 bits per heavy atom. The van der Waals surface area contributed by atoms with Crippen LogP contribution in [0.4, 0.5) is 4.79 Å². The van der Waals surface area contributed by atoms with Gasteiger partial charge in [0.2, 0.25) is 0 Å². The van der Waals surface area contributed by atoms with Crippen LogP contribution in [-0.2, 0) is 4.74 Å². The third kappa shape index (κ3) is 2.05. The van der Waals surface area contributed by atoms with Crippen LogP contribution in [0.3, 0.4) is 0 Å². The van der Waals surface area contributed by atoms with Gasteiger partial charge in [0.15, 0.2) is 0 Å². The van der Waals surface area contributed by atoms with Gasteiger partial charge < -0.3 is 10.1 Å². The summed E-state index contributed by atoms with van der Waals surface area (Å²) in [5.74, 6) is 1.55. The minimum Gasteiger partial charge on any atom is -0.446 e. The Morgan fingerprint density at radius 1 is 1.00 bits per heavy atom. The Morgan fingerprint density at radius 3 is 2.65 bits per heavy atom. The molecule has 4 saturated carbocycles. The molecule has 20 heavy (non-hydrogen) atoms. The van der Waals surface area contributed by atoms with Crippen molar-refractivity contribution in [3.05, 3.63) is 0 Å². The average Bonchev–Trinajstić information content (AvgIpc) is 3.04. The highest BCUT2D eigenvalue weighted by molar-refractivity contribution is 5.68. The van der Waals surface area contributed by atoms with Crippen LogP contribution >= 0.6 is 0 Å². The Labute approximate surface area is 121 Å². The Kier molecular flexibility index (Phi) is 3.19. The summed E-state index contributed by atoms with van der Waals surface area (Å²) in [4.78, 5) is 12.1. The van der Waals surface area contributed by atoms with Gasteiger partial charge in [0, 0.05) is 6.04 Å². The van der Waals surface area contributed by atoms with E-state index < -0.39 is 0 Å². The van der Waals surface area contributed by atoms with Gasteiger partial charge in [-0.1, -0.05) is 25.7 Å². The van der Waals surface area contributed by atoms with E-state index in [1.807, 2.05) is 0 Å². The first-order valence-corrected chi connectivity index (χ1v) is 8.74. The number of ether oxygens (including phenoxy) is 1. The van der Waals surface area contributed by atoms with Gasteiger partial charge >= 0.3 is 6.09 Å². The summed E-state index contributed by atoms with van der Waals surface area (Å²) < 4.78 is 5.83. The van der Waals surface area contributed by atoms with E-state index in [0.29, 0.717) is 17.4 Å². The van der Waals surface area contributed by atoms with E-state index in [-0.39, 0.29) is 12.2 Å². The lowest BCUT2D eigenvalue weighted by Crippen LogP contribution is -2.39. The van der Waals surface area contributed by atoms with E-state index in [1.54, 1.807) is 0 Å². The molecule has 0 unspecified atom stereocenters. The molecular formula is C17H27NO2. The zero-order valence-corrected chi connectivity index (χ0v) is 12.4. The summed E-state index contributed by atoms with van der Waals surface area (Å²) in [6.45, 7) is 0. The van der Waals surface area contributed by atoms with Gasteiger partial charge in [0.25, 0.3) is 0 Å². The largest absolute Gasteiger partial charge is 0.446 e. The molecule has 0 saturated heterocycles. The summed E-state index contributed by atoms with van der Waals surface area (Å²) in [6, 6.07) is 0.368. The standard InChI is InChI=1S/C17H27NO2/c19-16(18-12-5-2-1-3-6-12)20-15-11-17-9-4-7-14(17)13(15)8-10-17/h12-15H,1-11H2,(H,18,19)/t13-,14+,15+,17+/m1/s1. The second-order valence-electron chi connectivity index (χ2n) is 7.69. The number of carbonyl (C=O) groups is 1. The van der Waals surface area contributed by atoms with Crippen LogP contribution in [0.25, 0.3) is 0 Å². The molecule has 2 bridgehead atoms. The molecule has 4 fully saturated rings. The summed E-state index contributed by atoms with van der Waals surface area (Å²) in [7, 11) is 0. The van der Waals surface area contributed by atoms with E-state index in [9.17, 15) is 4.79 Å². The molecule has 0 aromatic heterocycles. The fraction of sp³-hybridized carbons (Fsp3) is 0.941. The van der Waals surface area contributed by atoms with Crippen molar-refractivity contribution in [1.29, 1.82) is 0 Å². The second kappa shape index (κ2) is 4.92. The van der Waals surface area contributed by atoms with Gasteiger partial charge in [-0.05, 0) is 62.2 Å². The average molecular weight is 277 g/mol. The molecule has 1 N–H and O–H groups in total. The van der Waals surface area contributed by atoms with Gasteiger partial charge in [0.1, 0.15) is 6.10 Å². The van der Waals surface area contributed by atoms with E-state index in [2.05, 4.69) is 5.32 Å². The molecule has 4 aliphatic rings. The number of alkyl carbamates (subject to hydrolysis) is 1. The minimum absolute atomic E-state index is 0.135. The molecule has 112 valence electrons. The van der Waals surface area contributed by atoms with Crippen molar-refractivity contribution in [2.24, 2.45) is 17.3 Å². The van der Waals surface area contributed by atoms with Crippen LogP contribution in [0.5, 0.6) is 0 Å². The van der Waals surface area contributed by atoms with Gasteiger partial charge in [-0.3, -0.25) is 0 Å². The van der Waals surface area contributed by atoms with E-state index in [4.69, 9.17) is 4.74 Å². The summed E-state index contributed by atoms with van der Waals surface area (Å²) in [6.07, 6.45) is 14.2. The molecule has 4 atom stereocenters. The molecular weight excluding hydrogens is 250 g/mol. The zero-order valence-electron chi connectivity index (χ0n) is 12.4. The number of carbonyl (C=O) groups excluding carboxylic acids is 1. The van der Waals surface area contributed by atoms with Gasteiger partial charge in [0.05, 0.1) is 0 Å². The normalized spacial score (nSPS) is 43.5. The van der Waals surface area contributed by atoms with Crippen LogP contribution in [0.2, 0.25) is 0 Å². The lowest BCUT2D eigenvalue weighted by Gasteiger charge is -2.29. The molecule has 3 nitrogen and oxygen atoms in total. The smallest absolute Gasteiger partial charge is 0.407 e. The first-order chi connectivity index (χ1) is 9.77. The number of rotatable bonds is 2. The van der Waals surface area contributed by atoms with Crippen molar-refractivity contribution in [2.75, 3.05) is 0 Å². The highest BCUT2D eigenvalue weighted by Gasteiger charge is 2.60. The fourth-order valence-electron chi connectivity index (χ4n) is 5.87. The minimum atomic E-state index is -0.135. The molecule has 4 rings (SSSR count). The van der Waals surface area contributed by atoms with E-state index in [0.717, 1.165) is 25.2 Å². The monoisotopic (exact) mass is 277 g/mol. The third-order valence-corrected chi connectivity index (χ3v) is 6.74. The van der Waals surface area contributed by atoms with Gasteiger partial charge in [-0.15, -0.1) is 0 Å². The molecule has 0 spiro atoms. The lowest BCUT2D eigenvalue weighted by molar-refractivity contribution is 0.0488. The number of amides is 1. The van der Waals surface area contributed by atoms with E-state index in [1.165, 1.54) is 51.4 Å². The van der Waals surface area contributed by atoms with Crippen molar-refractivity contribution < 1.29 is 9.53 Å². The van der Waals surface area contributed by atoms with Crippen LogP contribution in [0.1, 0.15) is 70.6 Å². The molecule has 3 heteroatoms. The Balaban J connectivity index is 1.33. The highest BCUT2D eigenvalue weighted by atomic mass is 16.6.